The molecule has 0 saturated carbocycles. The van der Waals surface area contributed by atoms with E-state index < -0.39 is 0 Å². The average molecular weight is 515 g/mol. The van der Waals surface area contributed by atoms with Gasteiger partial charge in [-0.2, -0.15) is 0 Å². The van der Waals surface area contributed by atoms with Crippen LogP contribution in [0, 0.1) is 0 Å². The summed E-state index contributed by atoms with van der Waals surface area (Å²) in [6.07, 6.45) is 0. The van der Waals surface area contributed by atoms with Crippen molar-refractivity contribution in [2.75, 3.05) is 51.3 Å². The van der Waals surface area contributed by atoms with E-state index in [9.17, 15) is 9.59 Å². The normalized spacial score (nSPS) is 10.7. The van der Waals surface area contributed by atoms with Gasteiger partial charge in [0.1, 0.15) is 24.7 Å². The van der Waals surface area contributed by atoms with Gasteiger partial charge >= 0.3 is 0 Å². The SMILES string of the molecule is COCCOc1ccccc1C(=O)Nc1cccc2c(NC(=O)c3ccccc3OCCOC)cccc12. The Kier molecular flexibility index (Phi) is 9.28. The highest BCUT2D eigenvalue weighted by Crippen LogP contribution is 2.31. The van der Waals surface area contributed by atoms with E-state index >= 15 is 0 Å². The average Bonchev–Trinajstić information content (AvgIpc) is 2.94. The van der Waals surface area contributed by atoms with Gasteiger partial charge in [0.25, 0.3) is 11.8 Å². The monoisotopic (exact) mass is 514 g/mol. The van der Waals surface area contributed by atoms with Crippen LogP contribution < -0.4 is 20.1 Å². The highest BCUT2D eigenvalue weighted by atomic mass is 16.5. The van der Waals surface area contributed by atoms with Crippen LogP contribution in [0.2, 0.25) is 0 Å². The van der Waals surface area contributed by atoms with Crippen molar-refractivity contribution in [1.82, 2.24) is 0 Å². The maximum Gasteiger partial charge on any atom is 0.259 e. The number of carbonyl (C=O) groups is 2. The largest absolute Gasteiger partial charge is 0.490 e. The summed E-state index contributed by atoms with van der Waals surface area (Å²) in [7, 11) is 3.18. The quantitative estimate of drug-likeness (QED) is 0.246. The van der Waals surface area contributed by atoms with Crippen molar-refractivity contribution in [1.29, 1.82) is 0 Å². The molecule has 0 saturated heterocycles. The first kappa shape index (κ1) is 26.7. The van der Waals surface area contributed by atoms with Crippen LogP contribution in [0.25, 0.3) is 10.8 Å². The van der Waals surface area contributed by atoms with Crippen molar-refractivity contribution in [3.8, 4) is 11.5 Å². The second-order valence-electron chi connectivity index (χ2n) is 8.29. The van der Waals surface area contributed by atoms with E-state index in [0.29, 0.717) is 60.4 Å². The first-order valence-corrected chi connectivity index (χ1v) is 12.2. The lowest BCUT2D eigenvalue weighted by molar-refractivity contribution is 0.101. The molecule has 4 aromatic carbocycles. The molecule has 0 atom stereocenters. The van der Waals surface area contributed by atoms with Crippen molar-refractivity contribution < 1.29 is 28.5 Å². The molecule has 2 amide bonds. The molecule has 0 aliphatic rings. The fraction of sp³-hybridized carbons (Fsp3) is 0.200. The molecule has 0 heterocycles. The van der Waals surface area contributed by atoms with Gasteiger partial charge in [-0.3, -0.25) is 9.59 Å². The van der Waals surface area contributed by atoms with Gasteiger partial charge in [0.2, 0.25) is 0 Å². The van der Waals surface area contributed by atoms with Crippen LogP contribution in [0.1, 0.15) is 20.7 Å². The molecule has 38 heavy (non-hydrogen) atoms. The van der Waals surface area contributed by atoms with Crippen molar-refractivity contribution in [3.63, 3.8) is 0 Å². The standard InChI is InChI=1S/C30H30N2O6/c1-35-17-19-37-27-15-5-3-9-23(27)29(33)31-25-13-7-12-22-21(25)11-8-14-26(22)32-30(34)24-10-4-6-16-28(24)38-20-18-36-2/h3-16H,17-20H2,1-2H3,(H,31,33)(H,32,34). The minimum Gasteiger partial charge on any atom is -0.490 e. The maximum atomic E-state index is 13.2. The number of nitrogens with one attached hydrogen (secondary N) is 2. The van der Waals surface area contributed by atoms with Crippen LogP contribution in [0.5, 0.6) is 11.5 Å². The Morgan fingerprint density at radius 3 is 1.39 bits per heavy atom. The third kappa shape index (κ3) is 6.47. The molecule has 196 valence electrons. The van der Waals surface area contributed by atoms with E-state index in [-0.39, 0.29) is 11.8 Å². The van der Waals surface area contributed by atoms with Crippen LogP contribution in [0.15, 0.2) is 84.9 Å². The lowest BCUT2D eigenvalue weighted by Crippen LogP contribution is -2.16. The number of methoxy groups -OCH3 is 2. The fourth-order valence-corrected chi connectivity index (χ4v) is 3.94. The van der Waals surface area contributed by atoms with Crippen LogP contribution in [0.3, 0.4) is 0 Å². The lowest BCUT2D eigenvalue weighted by Gasteiger charge is -2.15. The number of benzene rings is 4. The topological polar surface area (TPSA) is 95.1 Å². The summed E-state index contributed by atoms with van der Waals surface area (Å²) in [5.41, 5.74) is 2.04. The van der Waals surface area contributed by atoms with Crippen molar-refractivity contribution >= 4 is 34.0 Å². The summed E-state index contributed by atoms with van der Waals surface area (Å²) in [6, 6.07) is 25.2. The van der Waals surface area contributed by atoms with E-state index in [1.54, 1.807) is 50.6 Å². The van der Waals surface area contributed by atoms with Crippen LogP contribution in [-0.4, -0.2) is 52.5 Å². The minimum atomic E-state index is -0.304. The Labute approximate surface area is 221 Å². The summed E-state index contributed by atoms with van der Waals surface area (Å²) in [4.78, 5) is 26.4. The molecule has 0 aliphatic heterocycles. The highest BCUT2D eigenvalue weighted by molar-refractivity contribution is 6.15. The molecule has 0 aliphatic carbocycles. The Morgan fingerprint density at radius 2 is 0.974 bits per heavy atom. The first-order chi connectivity index (χ1) is 18.6. The lowest BCUT2D eigenvalue weighted by atomic mass is 10.1. The second-order valence-corrected chi connectivity index (χ2v) is 8.29. The number of fused-ring (bicyclic) bond motifs is 1. The molecule has 0 spiro atoms. The molecule has 0 radical (unpaired) electrons. The predicted molar refractivity (Wildman–Crippen MR) is 147 cm³/mol. The maximum absolute atomic E-state index is 13.2. The second kappa shape index (κ2) is 13.2. The van der Waals surface area contributed by atoms with Crippen LogP contribution in [0.4, 0.5) is 11.4 Å². The van der Waals surface area contributed by atoms with Gasteiger partial charge in [0, 0.05) is 36.4 Å². The molecule has 0 fully saturated rings. The van der Waals surface area contributed by atoms with Crippen molar-refractivity contribution in [3.05, 3.63) is 96.1 Å². The Bertz CT molecular complexity index is 1300. The zero-order chi connectivity index (χ0) is 26.7. The molecule has 2 N–H and O–H groups in total. The molecule has 8 nitrogen and oxygen atoms in total. The summed E-state index contributed by atoms with van der Waals surface area (Å²) >= 11 is 0. The molecule has 0 bridgehead atoms. The zero-order valence-electron chi connectivity index (χ0n) is 21.4. The third-order valence-corrected chi connectivity index (χ3v) is 5.77. The van der Waals surface area contributed by atoms with Gasteiger partial charge < -0.3 is 29.6 Å². The minimum absolute atomic E-state index is 0.304. The number of ether oxygens (including phenoxy) is 4. The van der Waals surface area contributed by atoms with Crippen LogP contribution in [-0.2, 0) is 9.47 Å². The highest BCUT2D eigenvalue weighted by Gasteiger charge is 2.16. The molecule has 4 rings (SSSR count). The molecule has 0 unspecified atom stereocenters. The third-order valence-electron chi connectivity index (χ3n) is 5.77. The number of amides is 2. The molecule has 0 aromatic heterocycles. The fourth-order valence-electron chi connectivity index (χ4n) is 3.94. The molecule has 4 aromatic rings. The van der Waals surface area contributed by atoms with Gasteiger partial charge in [-0.15, -0.1) is 0 Å². The van der Waals surface area contributed by atoms with E-state index in [0.717, 1.165) is 10.8 Å². The van der Waals surface area contributed by atoms with E-state index in [4.69, 9.17) is 18.9 Å². The smallest absolute Gasteiger partial charge is 0.259 e. The van der Waals surface area contributed by atoms with Gasteiger partial charge in [0.15, 0.2) is 0 Å². The summed E-state index contributed by atoms with van der Waals surface area (Å²) in [5.74, 6) is 0.340. The molecular formula is C30H30N2O6. The Morgan fingerprint density at radius 1 is 0.553 bits per heavy atom. The number of rotatable bonds is 12. The predicted octanol–water partition coefficient (Wildman–Crippen LogP) is 5.39. The van der Waals surface area contributed by atoms with Gasteiger partial charge in [0.05, 0.1) is 24.3 Å². The molecular weight excluding hydrogens is 484 g/mol. The number of carbonyl (C=O) groups excluding carboxylic acids is 2. The summed E-state index contributed by atoms with van der Waals surface area (Å²) in [6.45, 7) is 1.49. The zero-order valence-corrected chi connectivity index (χ0v) is 21.4. The van der Waals surface area contributed by atoms with E-state index in [2.05, 4.69) is 10.6 Å². The first-order valence-electron chi connectivity index (χ1n) is 12.2. The van der Waals surface area contributed by atoms with Gasteiger partial charge in [-0.25, -0.2) is 0 Å². The number of hydrogen-bond acceptors (Lipinski definition) is 6. The van der Waals surface area contributed by atoms with Crippen LogP contribution >= 0.6 is 0 Å². The molecule has 8 heteroatoms. The van der Waals surface area contributed by atoms with Gasteiger partial charge in [-0.05, 0) is 36.4 Å². The summed E-state index contributed by atoms with van der Waals surface area (Å²) < 4.78 is 21.5. The van der Waals surface area contributed by atoms with E-state index in [1.807, 2.05) is 48.5 Å². The number of hydrogen-bond donors (Lipinski definition) is 2. The van der Waals surface area contributed by atoms with Gasteiger partial charge in [-0.1, -0.05) is 48.5 Å². The number of anilines is 2. The van der Waals surface area contributed by atoms with Crippen molar-refractivity contribution in [2.24, 2.45) is 0 Å². The number of para-hydroxylation sites is 2. The Hall–Kier alpha value is -4.40. The van der Waals surface area contributed by atoms with Crippen molar-refractivity contribution in [2.45, 2.75) is 0 Å². The summed E-state index contributed by atoms with van der Waals surface area (Å²) in [5, 5.41) is 7.53. The Balaban J connectivity index is 1.56. The van der Waals surface area contributed by atoms with E-state index in [1.165, 1.54) is 0 Å².